The molecule has 1 fully saturated rings. The maximum Gasteiger partial charge on any atom is 0.304 e. The first-order valence-electron chi connectivity index (χ1n) is 6.57. The summed E-state index contributed by atoms with van der Waals surface area (Å²) in [5.74, 6) is 0.277. The summed E-state index contributed by atoms with van der Waals surface area (Å²) in [5.41, 5.74) is 5.22. The Morgan fingerprint density at radius 1 is 1.48 bits per heavy atom. The number of nitrogen functional groups attached to an aromatic ring is 1. The van der Waals surface area contributed by atoms with E-state index in [1.807, 2.05) is 0 Å². The van der Waals surface area contributed by atoms with Crippen LogP contribution in [0.25, 0.3) is 0 Å². The van der Waals surface area contributed by atoms with Crippen molar-refractivity contribution in [3.05, 3.63) is 16.2 Å². The molecule has 1 aromatic heterocycles. The van der Waals surface area contributed by atoms with Gasteiger partial charge in [0, 0.05) is 19.2 Å². The quantitative estimate of drug-likeness (QED) is 0.674. The van der Waals surface area contributed by atoms with Crippen LogP contribution in [0.5, 0.6) is 0 Å². The number of sulfonamides is 1. The van der Waals surface area contributed by atoms with E-state index < -0.39 is 14.9 Å². The van der Waals surface area contributed by atoms with E-state index in [4.69, 9.17) is 5.73 Å². The van der Waals surface area contributed by atoms with Gasteiger partial charge in [-0.25, -0.2) is 8.42 Å². The zero-order valence-electron chi connectivity index (χ0n) is 12.2. The van der Waals surface area contributed by atoms with Crippen LogP contribution in [0, 0.1) is 21.4 Å². The molecular formula is C12H19N3O4S2. The number of nitro groups is 1. The molecule has 0 spiro atoms. The summed E-state index contributed by atoms with van der Waals surface area (Å²) in [4.78, 5) is 10.1. The Hall–Kier alpha value is -1.19. The van der Waals surface area contributed by atoms with Crippen molar-refractivity contribution in [2.45, 2.75) is 31.4 Å². The van der Waals surface area contributed by atoms with Gasteiger partial charge in [0.15, 0.2) is 5.00 Å². The minimum absolute atomic E-state index is 0.0325. The third-order valence-corrected chi connectivity index (χ3v) is 7.15. The summed E-state index contributed by atoms with van der Waals surface area (Å²) in [6.07, 6.45) is 0.797. The summed E-state index contributed by atoms with van der Waals surface area (Å²) < 4.78 is 26.5. The number of nitrogens with two attached hydrogens (primary N) is 1. The van der Waals surface area contributed by atoms with Crippen molar-refractivity contribution in [1.29, 1.82) is 0 Å². The van der Waals surface area contributed by atoms with E-state index in [2.05, 4.69) is 20.8 Å². The molecule has 21 heavy (non-hydrogen) atoms. The maximum absolute atomic E-state index is 12.6. The molecule has 2 rings (SSSR count). The van der Waals surface area contributed by atoms with Crippen LogP contribution in [-0.2, 0) is 10.0 Å². The number of thiophene rings is 1. The lowest BCUT2D eigenvalue weighted by atomic mass is 9.80. The highest BCUT2D eigenvalue weighted by atomic mass is 32.2. The zero-order chi connectivity index (χ0) is 16.0. The molecule has 1 aliphatic rings. The molecule has 0 saturated carbocycles. The van der Waals surface area contributed by atoms with Gasteiger partial charge in [-0.2, -0.15) is 4.31 Å². The molecule has 1 atom stereocenters. The van der Waals surface area contributed by atoms with Crippen LogP contribution in [0.3, 0.4) is 0 Å². The van der Waals surface area contributed by atoms with Crippen molar-refractivity contribution in [3.63, 3.8) is 0 Å². The molecule has 0 bridgehead atoms. The van der Waals surface area contributed by atoms with Crippen molar-refractivity contribution in [1.82, 2.24) is 4.31 Å². The predicted molar refractivity (Wildman–Crippen MR) is 81.7 cm³/mol. The van der Waals surface area contributed by atoms with Crippen molar-refractivity contribution < 1.29 is 13.3 Å². The Morgan fingerprint density at radius 3 is 2.52 bits per heavy atom. The van der Waals surface area contributed by atoms with Gasteiger partial charge in [0.25, 0.3) is 10.0 Å². The normalized spacial score (nSPS) is 20.8. The Balaban J connectivity index is 2.28. The van der Waals surface area contributed by atoms with Crippen LogP contribution >= 0.6 is 11.3 Å². The van der Waals surface area contributed by atoms with E-state index >= 15 is 0 Å². The molecule has 2 N–H and O–H groups in total. The second-order valence-corrected chi connectivity index (χ2v) is 9.54. The molecule has 1 aliphatic heterocycles. The highest BCUT2D eigenvalue weighted by Gasteiger charge is 2.39. The first kappa shape index (κ1) is 16.2. The fourth-order valence-corrected chi connectivity index (χ4v) is 5.29. The van der Waals surface area contributed by atoms with Crippen molar-refractivity contribution in [2.24, 2.45) is 11.3 Å². The number of hydrogen-bond acceptors (Lipinski definition) is 6. The van der Waals surface area contributed by atoms with E-state index in [1.165, 1.54) is 4.31 Å². The van der Waals surface area contributed by atoms with E-state index in [1.54, 1.807) is 0 Å². The molecular weight excluding hydrogens is 314 g/mol. The molecule has 118 valence electrons. The van der Waals surface area contributed by atoms with E-state index in [9.17, 15) is 18.5 Å². The molecule has 7 nitrogen and oxygen atoms in total. The van der Waals surface area contributed by atoms with Crippen LogP contribution in [0.15, 0.2) is 10.3 Å². The summed E-state index contributed by atoms with van der Waals surface area (Å²) in [5, 5.41) is 10.7. The largest absolute Gasteiger partial charge is 0.385 e. The predicted octanol–water partition coefficient (Wildman–Crippen LogP) is 2.30. The fraction of sp³-hybridized carbons (Fsp3) is 0.667. The minimum atomic E-state index is -3.70. The van der Waals surface area contributed by atoms with Gasteiger partial charge in [-0.1, -0.05) is 32.1 Å². The number of hydrogen-bond donors (Lipinski definition) is 1. The molecule has 1 aromatic rings. The lowest BCUT2D eigenvalue weighted by Crippen LogP contribution is -2.30. The van der Waals surface area contributed by atoms with Crippen LogP contribution in [0.1, 0.15) is 27.2 Å². The van der Waals surface area contributed by atoms with Crippen LogP contribution in [-0.4, -0.2) is 30.7 Å². The van der Waals surface area contributed by atoms with E-state index in [0.29, 0.717) is 13.1 Å². The van der Waals surface area contributed by atoms with Crippen LogP contribution < -0.4 is 5.73 Å². The third kappa shape index (κ3) is 3.04. The van der Waals surface area contributed by atoms with Crippen molar-refractivity contribution in [3.8, 4) is 0 Å². The van der Waals surface area contributed by atoms with Gasteiger partial charge in [0.1, 0.15) is 4.21 Å². The summed E-state index contributed by atoms with van der Waals surface area (Å²) in [6.45, 7) is 7.14. The van der Waals surface area contributed by atoms with Crippen LogP contribution in [0.2, 0.25) is 0 Å². The first-order valence-corrected chi connectivity index (χ1v) is 8.83. The lowest BCUT2D eigenvalue weighted by molar-refractivity contribution is -0.383. The Bertz CT molecular complexity index is 661. The molecule has 0 amide bonds. The van der Waals surface area contributed by atoms with Gasteiger partial charge in [0.2, 0.25) is 0 Å². The molecule has 2 heterocycles. The molecule has 1 saturated heterocycles. The zero-order valence-corrected chi connectivity index (χ0v) is 13.8. The monoisotopic (exact) mass is 333 g/mol. The standard InChI is InChI=1S/C12H19N3O4S2/c1-12(2,3)8-4-5-14(7-8)21(18,19)10-6-9(15(16)17)11(13)20-10/h6,8H,4-5,7,13H2,1-3H3. The Morgan fingerprint density at radius 2 is 2.10 bits per heavy atom. The van der Waals surface area contributed by atoms with Gasteiger partial charge in [0.05, 0.1) is 4.92 Å². The third-order valence-electron chi connectivity index (χ3n) is 3.88. The minimum Gasteiger partial charge on any atom is -0.385 e. The number of anilines is 1. The maximum atomic E-state index is 12.6. The first-order chi connectivity index (χ1) is 9.53. The van der Waals surface area contributed by atoms with Gasteiger partial charge in [-0.05, 0) is 17.8 Å². The molecule has 9 heteroatoms. The highest BCUT2D eigenvalue weighted by Crippen LogP contribution is 2.39. The Labute approximate surface area is 127 Å². The van der Waals surface area contributed by atoms with Gasteiger partial charge in [-0.3, -0.25) is 10.1 Å². The van der Waals surface area contributed by atoms with Gasteiger partial charge >= 0.3 is 5.69 Å². The molecule has 0 aromatic carbocycles. The lowest BCUT2D eigenvalue weighted by Gasteiger charge is -2.26. The van der Waals surface area contributed by atoms with Crippen molar-refractivity contribution in [2.75, 3.05) is 18.8 Å². The number of rotatable bonds is 3. The highest BCUT2D eigenvalue weighted by molar-refractivity contribution is 7.91. The molecule has 0 radical (unpaired) electrons. The second kappa shape index (κ2) is 5.22. The van der Waals surface area contributed by atoms with Gasteiger partial charge in [-0.15, -0.1) is 0 Å². The SMILES string of the molecule is CC(C)(C)C1CCN(S(=O)(=O)c2cc([N+](=O)[O-])c(N)s2)C1. The summed E-state index contributed by atoms with van der Waals surface area (Å²) in [7, 11) is -3.70. The van der Waals surface area contributed by atoms with E-state index in [0.717, 1.165) is 23.8 Å². The van der Waals surface area contributed by atoms with E-state index in [-0.39, 0.29) is 26.2 Å². The summed E-state index contributed by atoms with van der Waals surface area (Å²) >= 11 is 0.752. The average Bonchev–Trinajstić information content (AvgIpc) is 2.93. The average molecular weight is 333 g/mol. The van der Waals surface area contributed by atoms with Crippen LogP contribution in [0.4, 0.5) is 10.7 Å². The Kier molecular flexibility index (Phi) is 4.02. The molecule has 0 aliphatic carbocycles. The fourth-order valence-electron chi connectivity index (χ4n) is 2.42. The van der Waals surface area contributed by atoms with Gasteiger partial charge < -0.3 is 5.73 Å². The topological polar surface area (TPSA) is 107 Å². The summed E-state index contributed by atoms with van der Waals surface area (Å²) in [6, 6.07) is 1.06. The van der Waals surface area contributed by atoms with Crippen molar-refractivity contribution >= 4 is 32.0 Å². The smallest absolute Gasteiger partial charge is 0.304 e. The second-order valence-electron chi connectivity index (χ2n) is 6.29. The molecule has 1 unspecified atom stereocenters. The number of nitrogens with zero attached hydrogens (tertiary/aromatic N) is 2.